The molecule has 2 aromatic heterocycles. The molecular weight excluding hydrogens is 335 g/mol. The molecule has 0 unspecified atom stereocenters. The van der Waals surface area contributed by atoms with E-state index in [0.717, 1.165) is 18.7 Å². The van der Waals surface area contributed by atoms with Crippen molar-refractivity contribution >= 4 is 17.6 Å². The van der Waals surface area contributed by atoms with Gasteiger partial charge >= 0.3 is 12.1 Å². The van der Waals surface area contributed by atoms with Crippen LogP contribution >= 0.6 is 11.6 Å². The quantitative estimate of drug-likeness (QED) is 0.908. The van der Waals surface area contributed by atoms with Gasteiger partial charge in [-0.1, -0.05) is 11.6 Å². The number of rotatable bonds is 2. The fourth-order valence-electron chi connectivity index (χ4n) is 3.22. The smallest absolute Gasteiger partial charge is 0.418 e. The first-order chi connectivity index (χ1) is 10.8. The molecule has 0 aromatic carbocycles. The maximum atomic E-state index is 13.0. The Bertz CT molecular complexity index is 847. The van der Waals surface area contributed by atoms with Crippen LogP contribution in [0.5, 0.6) is 0 Å². The molecule has 4 rings (SSSR count). The Morgan fingerprint density at radius 3 is 2.83 bits per heavy atom. The minimum absolute atomic E-state index is 0.0713. The van der Waals surface area contributed by atoms with Crippen LogP contribution in [-0.4, -0.2) is 25.8 Å². The second-order valence-corrected chi connectivity index (χ2v) is 6.16. The van der Waals surface area contributed by atoms with Crippen LogP contribution in [0.2, 0.25) is 5.02 Å². The van der Waals surface area contributed by atoms with E-state index in [1.54, 1.807) is 0 Å². The monoisotopic (exact) mass is 343 g/mol. The number of pyridine rings is 1. The van der Waals surface area contributed by atoms with E-state index in [-0.39, 0.29) is 17.4 Å². The molecule has 2 aromatic rings. The van der Waals surface area contributed by atoms with E-state index in [4.69, 9.17) is 11.6 Å². The summed E-state index contributed by atoms with van der Waals surface area (Å²) in [4.78, 5) is 15.2. The lowest BCUT2D eigenvalue weighted by atomic mass is 10.1. The summed E-state index contributed by atoms with van der Waals surface area (Å²) in [5.74, 6) is -0.747. The third kappa shape index (κ3) is 2.12. The number of nitrogens with zero attached hydrogens (tertiary/aromatic N) is 3. The van der Waals surface area contributed by atoms with E-state index in [1.165, 1.54) is 4.68 Å². The molecule has 0 bridgehead atoms. The van der Waals surface area contributed by atoms with Gasteiger partial charge in [0.1, 0.15) is 0 Å². The highest BCUT2D eigenvalue weighted by Gasteiger charge is 2.50. The molecule has 120 valence electrons. The number of fused-ring (bicyclic) bond motifs is 3. The largest absolute Gasteiger partial charge is 0.476 e. The van der Waals surface area contributed by atoms with Crippen molar-refractivity contribution in [3.63, 3.8) is 0 Å². The number of carboxylic acid groups (broad SMARTS) is 1. The average Bonchev–Trinajstić information content (AvgIpc) is 2.95. The highest BCUT2D eigenvalue weighted by atomic mass is 35.5. The van der Waals surface area contributed by atoms with Gasteiger partial charge in [0.25, 0.3) is 0 Å². The fraction of sp³-hybridized carbons (Fsp3) is 0.357. The van der Waals surface area contributed by atoms with Crippen LogP contribution in [0.15, 0.2) is 12.3 Å². The maximum Gasteiger partial charge on any atom is 0.418 e. The molecule has 0 saturated heterocycles. The molecule has 0 radical (unpaired) electrons. The van der Waals surface area contributed by atoms with Gasteiger partial charge in [-0.15, -0.1) is 0 Å². The number of halogens is 4. The summed E-state index contributed by atoms with van der Waals surface area (Å²) in [6.07, 6.45) is -2.21. The van der Waals surface area contributed by atoms with Gasteiger partial charge in [0.15, 0.2) is 11.5 Å². The summed E-state index contributed by atoms with van der Waals surface area (Å²) >= 11 is 5.57. The van der Waals surface area contributed by atoms with Crippen LogP contribution in [-0.2, 0) is 12.6 Å². The highest BCUT2D eigenvalue weighted by Crippen LogP contribution is 2.57. The zero-order valence-electron chi connectivity index (χ0n) is 11.4. The zero-order valence-corrected chi connectivity index (χ0v) is 12.2. The van der Waals surface area contributed by atoms with Gasteiger partial charge < -0.3 is 5.11 Å². The van der Waals surface area contributed by atoms with Crippen molar-refractivity contribution in [2.24, 2.45) is 5.92 Å². The van der Waals surface area contributed by atoms with Gasteiger partial charge in [0, 0.05) is 17.7 Å². The topological polar surface area (TPSA) is 68.0 Å². The Kier molecular flexibility index (Phi) is 2.82. The lowest BCUT2D eigenvalue weighted by molar-refractivity contribution is -0.137. The molecule has 2 aliphatic rings. The number of aromatic nitrogens is 3. The van der Waals surface area contributed by atoms with Crippen molar-refractivity contribution in [1.29, 1.82) is 0 Å². The number of carbonyl (C=O) groups is 1. The van der Waals surface area contributed by atoms with Crippen LogP contribution in [0.25, 0.3) is 5.82 Å². The van der Waals surface area contributed by atoms with Gasteiger partial charge in [-0.3, -0.25) is 0 Å². The molecule has 5 nitrogen and oxygen atoms in total. The van der Waals surface area contributed by atoms with Gasteiger partial charge in [-0.05, 0) is 24.8 Å². The van der Waals surface area contributed by atoms with Gasteiger partial charge in [-0.25, -0.2) is 14.5 Å². The number of carboxylic acids is 1. The lowest BCUT2D eigenvalue weighted by Crippen LogP contribution is -2.11. The average molecular weight is 344 g/mol. The molecule has 1 saturated carbocycles. The minimum Gasteiger partial charge on any atom is -0.476 e. The molecule has 1 N–H and O–H groups in total. The van der Waals surface area contributed by atoms with Gasteiger partial charge in [-0.2, -0.15) is 18.3 Å². The summed E-state index contributed by atoms with van der Waals surface area (Å²) in [6.45, 7) is 0. The molecule has 0 aliphatic heterocycles. The first-order valence-corrected chi connectivity index (χ1v) is 7.23. The number of alkyl halides is 3. The van der Waals surface area contributed by atoms with Gasteiger partial charge in [0.2, 0.25) is 0 Å². The van der Waals surface area contributed by atoms with Crippen molar-refractivity contribution in [1.82, 2.24) is 14.8 Å². The van der Waals surface area contributed by atoms with Crippen molar-refractivity contribution in [3.8, 4) is 5.82 Å². The van der Waals surface area contributed by atoms with Crippen LogP contribution in [0.1, 0.15) is 39.6 Å². The molecular formula is C14H9ClF3N3O2. The standard InChI is InChI=1S/C14H9ClF3N3O2/c15-9-4-19-10(3-8(9)14(16,17)18)21-12-6-1-5(6)2-7(12)11(20-21)13(22)23/h3-6H,1-2H2,(H,22,23)/t5-,6-/m1/s1. The minimum atomic E-state index is -4.62. The SMILES string of the molecule is O=C(O)c1nn(-c2cc(C(F)(F)F)c(Cl)cn2)c2c1C[C@H]1C[C@@H]21. The Morgan fingerprint density at radius 1 is 1.43 bits per heavy atom. The fourth-order valence-corrected chi connectivity index (χ4v) is 3.43. The molecule has 0 amide bonds. The van der Waals surface area contributed by atoms with Crippen LogP contribution in [0.4, 0.5) is 13.2 Å². The van der Waals surface area contributed by atoms with E-state index in [2.05, 4.69) is 10.1 Å². The third-order valence-electron chi connectivity index (χ3n) is 4.33. The lowest BCUT2D eigenvalue weighted by Gasteiger charge is -2.11. The van der Waals surface area contributed by atoms with E-state index in [9.17, 15) is 23.1 Å². The van der Waals surface area contributed by atoms with Crippen LogP contribution < -0.4 is 0 Å². The molecule has 23 heavy (non-hydrogen) atoms. The Balaban J connectivity index is 1.90. The molecule has 9 heteroatoms. The first-order valence-electron chi connectivity index (χ1n) is 6.85. The third-order valence-corrected chi connectivity index (χ3v) is 4.63. The van der Waals surface area contributed by atoms with Crippen molar-refractivity contribution < 1.29 is 23.1 Å². The molecule has 2 aliphatic carbocycles. The highest BCUT2D eigenvalue weighted by molar-refractivity contribution is 6.31. The zero-order chi connectivity index (χ0) is 16.5. The van der Waals surface area contributed by atoms with E-state index in [1.807, 2.05) is 0 Å². The number of aromatic carboxylic acids is 1. The molecule has 0 spiro atoms. The summed E-state index contributed by atoms with van der Waals surface area (Å²) in [5.41, 5.74) is 0.132. The first kappa shape index (κ1) is 14.5. The summed E-state index contributed by atoms with van der Waals surface area (Å²) in [5, 5.41) is 12.7. The van der Waals surface area contributed by atoms with E-state index in [0.29, 0.717) is 23.6 Å². The van der Waals surface area contributed by atoms with Crippen molar-refractivity contribution in [2.45, 2.75) is 24.9 Å². The Hall–Kier alpha value is -2.09. The van der Waals surface area contributed by atoms with Crippen LogP contribution in [0, 0.1) is 5.92 Å². The van der Waals surface area contributed by atoms with E-state index >= 15 is 0 Å². The Labute approximate surface area is 132 Å². The summed E-state index contributed by atoms with van der Waals surface area (Å²) in [7, 11) is 0. The van der Waals surface area contributed by atoms with Crippen molar-refractivity contribution in [2.75, 3.05) is 0 Å². The predicted octanol–water partition coefficient (Wildman–Crippen LogP) is 3.30. The molecule has 1 fully saturated rings. The predicted molar refractivity (Wildman–Crippen MR) is 72.9 cm³/mol. The van der Waals surface area contributed by atoms with Crippen molar-refractivity contribution in [3.05, 3.63) is 39.8 Å². The summed E-state index contributed by atoms with van der Waals surface area (Å²) in [6, 6.07) is 0.803. The van der Waals surface area contributed by atoms with E-state index < -0.39 is 22.7 Å². The molecule has 2 atom stereocenters. The normalized spacial score (nSPS) is 21.9. The number of hydrogen-bond acceptors (Lipinski definition) is 3. The van der Waals surface area contributed by atoms with Crippen LogP contribution in [0.3, 0.4) is 0 Å². The second kappa shape index (κ2) is 4.47. The number of hydrogen-bond donors (Lipinski definition) is 1. The maximum absolute atomic E-state index is 13.0. The van der Waals surface area contributed by atoms with Gasteiger partial charge in [0.05, 0.1) is 16.3 Å². The molecule has 2 heterocycles. The second-order valence-electron chi connectivity index (χ2n) is 5.76. The Morgan fingerprint density at radius 2 is 2.17 bits per heavy atom. The summed E-state index contributed by atoms with van der Waals surface area (Å²) < 4.78 is 40.2.